The minimum Gasteiger partial charge on any atom is -0.477 e. The van der Waals surface area contributed by atoms with Gasteiger partial charge in [-0.2, -0.15) is 0 Å². The maximum Gasteiger partial charge on any atom is 0.514 e. The number of nitrogens with one attached hydrogen (secondary N) is 5. The molecule has 4 atom stereocenters. The Labute approximate surface area is 700 Å². The van der Waals surface area contributed by atoms with E-state index in [1.807, 2.05) is 86.3 Å². The summed E-state index contributed by atoms with van der Waals surface area (Å²) in [6.45, 7) is 18.9. The number of Topliss-reactive ketones (excluding diaryl/α,β-unsaturated/α-hetero) is 1. The van der Waals surface area contributed by atoms with Crippen molar-refractivity contribution in [2.24, 2.45) is 17.8 Å². The van der Waals surface area contributed by atoms with Gasteiger partial charge in [0.25, 0.3) is 5.69 Å². The van der Waals surface area contributed by atoms with Crippen molar-refractivity contribution in [2.45, 2.75) is 126 Å². The van der Waals surface area contributed by atoms with Gasteiger partial charge in [0.05, 0.1) is 45.7 Å². The van der Waals surface area contributed by atoms with Crippen LogP contribution in [0.2, 0.25) is 0 Å². The standard InChI is InChI=1S/C42H47FN4O9.C30H32N4O9.C16H18FN3O3/c1-5-45-23-33(41(52)53)39(50)32-20-34(43)36(22-35(32)45)46-15-17-47(18-16-46)42(54)56-25-30-13-11-28(12-14-30)19-37(48)27(4)44-40(51)31(26(2)3)21-38(49)55-24-29-9-7-6-8-10-29;1-19(2)26(33-29(37)41-17-21-7-5-4-6-8-21)28(36)31-20(3)27(35)32-23-11-9-22(10-12-23)18-42-30(38)43-25-15-13-24(14-16-25)34(39)40;1-2-19-9-11(16(22)23)15(21)10-7-12(17)14(8-13(10)19)20-5-3-18-4-6-20/h6-14,20,22-23,26-27,31H,5,15-19,21,24-25H2,1-4H3,(H,44,51)(H,52,53);4-16,19-20,26H,17-18H2,1-3H3,(H,31,36)(H,32,35)(H,33,37);7-9,18H,2-6H2,1H3,(H,22,23)/t27-,31-;20-,26-;/m00./s1. The molecule has 2 aliphatic rings. The van der Waals surface area contributed by atoms with Crippen LogP contribution in [0.25, 0.3) is 21.8 Å². The van der Waals surface area contributed by atoms with Crippen LogP contribution < -0.4 is 52.0 Å². The van der Waals surface area contributed by atoms with E-state index in [1.54, 1.807) is 102 Å². The number of fused-ring (bicyclic) bond motifs is 2. The molecule has 0 saturated carbocycles. The summed E-state index contributed by atoms with van der Waals surface area (Å²) in [5.41, 5.74) is 3.48. The molecule has 7 N–H and O–H groups in total. The summed E-state index contributed by atoms with van der Waals surface area (Å²) in [5.74, 6) is -6.95. The number of carbonyl (C=O) groups is 10. The van der Waals surface area contributed by atoms with E-state index < -0.39 is 111 Å². The number of anilines is 3. The fraction of sp³-hybridized carbons (Fsp3) is 0.341. The lowest BCUT2D eigenvalue weighted by Gasteiger charge is -2.35. The molecule has 2 aromatic heterocycles. The van der Waals surface area contributed by atoms with Crippen LogP contribution in [0.1, 0.15) is 110 Å². The number of carboxylic acid groups (broad SMARTS) is 2. The number of aryl methyl sites for hydroxylation is 2. The molecule has 0 radical (unpaired) electrons. The summed E-state index contributed by atoms with van der Waals surface area (Å²) in [7, 11) is 0. The van der Waals surface area contributed by atoms with Crippen molar-refractivity contribution < 1.29 is 95.5 Å². The number of hydrogen-bond donors (Lipinski definition) is 7. The Bertz CT molecular complexity index is 5370. The average Bonchev–Trinajstić information content (AvgIpc) is 0.767. The van der Waals surface area contributed by atoms with E-state index in [2.05, 4.69) is 26.6 Å². The van der Waals surface area contributed by atoms with Crippen molar-refractivity contribution in [3.8, 4) is 5.75 Å². The number of aromatic carboxylic acids is 2. The number of nitro benzene ring substituents is 1. The van der Waals surface area contributed by atoms with Crippen LogP contribution in [0.3, 0.4) is 0 Å². The lowest BCUT2D eigenvalue weighted by molar-refractivity contribution is -0.384. The summed E-state index contributed by atoms with van der Waals surface area (Å²) in [6.07, 6.45) is 0.278. The number of benzene rings is 7. The third-order valence-electron chi connectivity index (χ3n) is 20.2. The van der Waals surface area contributed by atoms with Crippen LogP contribution in [0.5, 0.6) is 5.75 Å². The van der Waals surface area contributed by atoms with Gasteiger partial charge in [-0.15, -0.1) is 0 Å². The summed E-state index contributed by atoms with van der Waals surface area (Å²) in [5, 5.41) is 43.2. The quantitative estimate of drug-likeness (QED) is 0.00723. The van der Waals surface area contributed by atoms with Gasteiger partial charge in [0.1, 0.15) is 67.0 Å². The number of halogens is 2. The lowest BCUT2D eigenvalue weighted by Crippen LogP contribution is -2.53. The Morgan fingerprint density at radius 3 is 1.48 bits per heavy atom. The highest BCUT2D eigenvalue weighted by molar-refractivity contribution is 5.99. The SMILES string of the molecule is CC(C)[C@H](NC(=O)OCc1ccccc1)C(=O)N[C@@H](C)C(=O)Nc1ccc(COC(=O)Oc2ccc([N+](=O)[O-])cc2)cc1.CCn1cc(C(=O)O)c(=O)c2cc(F)c(N3CCN(C(=O)OCc4ccc(CC(=O)[C@H](C)NC(=O)[C@@H](CC(=O)OCc5ccccc5)C(C)C)cc4)CC3)cc21.CCn1cc(C(=O)O)c(=O)c2cc(F)c(N3CCNCC3)cc21. The first-order valence-electron chi connectivity index (χ1n) is 39.5. The molecule has 644 valence electrons. The minimum atomic E-state index is -1.38. The molecule has 0 bridgehead atoms. The summed E-state index contributed by atoms with van der Waals surface area (Å²) in [4.78, 5) is 164. The van der Waals surface area contributed by atoms with Gasteiger partial charge < -0.3 is 84.3 Å². The Kier molecular flexibility index (Phi) is 32.9. The molecule has 2 aliphatic heterocycles. The molecule has 2 saturated heterocycles. The number of alkyl carbamates (subject to hydrolysis) is 1. The Balaban J connectivity index is 0.000000225. The summed E-state index contributed by atoms with van der Waals surface area (Å²) < 4.78 is 59.2. The molecule has 4 heterocycles. The first-order valence-corrected chi connectivity index (χ1v) is 39.5. The van der Waals surface area contributed by atoms with Gasteiger partial charge in [0.2, 0.25) is 28.6 Å². The van der Waals surface area contributed by atoms with Crippen molar-refractivity contribution in [2.75, 3.05) is 67.5 Å². The summed E-state index contributed by atoms with van der Waals surface area (Å²) >= 11 is 0. The van der Waals surface area contributed by atoms with Gasteiger partial charge in [-0.05, 0) is 116 Å². The monoisotopic (exact) mass is 1680 g/mol. The Morgan fingerprint density at radius 2 is 0.992 bits per heavy atom. The van der Waals surface area contributed by atoms with E-state index in [1.165, 1.54) is 48.5 Å². The van der Waals surface area contributed by atoms with E-state index in [0.29, 0.717) is 78.4 Å². The van der Waals surface area contributed by atoms with Gasteiger partial charge in [-0.25, -0.2) is 32.8 Å². The maximum atomic E-state index is 15.3. The second kappa shape index (κ2) is 43.7. The molecular weight excluding hydrogens is 1590 g/mol. The molecule has 2 fully saturated rings. The molecular formula is C88H97F2N11O21. The zero-order valence-electron chi connectivity index (χ0n) is 68.5. The number of esters is 1. The number of pyridine rings is 2. The second-order valence-corrected chi connectivity index (χ2v) is 29.5. The normalized spacial score (nSPS) is 13.5. The van der Waals surface area contributed by atoms with Crippen LogP contribution in [-0.4, -0.2) is 159 Å². The molecule has 122 heavy (non-hydrogen) atoms. The molecule has 7 aromatic carbocycles. The fourth-order valence-corrected chi connectivity index (χ4v) is 13.1. The van der Waals surface area contributed by atoms with E-state index >= 15 is 4.39 Å². The molecule has 34 heteroatoms. The predicted molar refractivity (Wildman–Crippen MR) is 448 cm³/mol. The third kappa shape index (κ3) is 25.6. The van der Waals surface area contributed by atoms with Crippen LogP contribution in [0.4, 0.5) is 45.9 Å². The van der Waals surface area contributed by atoms with Crippen molar-refractivity contribution in [1.82, 2.24) is 35.3 Å². The second-order valence-electron chi connectivity index (χ2n) is 29.5. The number of rotatable bonds is 30. The highest BCUT2D eigenvalue weighted by Crippen LogP contribution is 2.30. The van der Waals surface area contributed by atoms with Gasteiger partial charge in [0, 0.05) is 113 Å². The summed E-state index contributed by atoms with van der Waals surface area (Å²) in [6, 6.07) is 39.6. The number of nitrogens with zero attached hydrogens (tertiary/aromatic N) is 6. The van der Waals surface area contributed by atoms with Crippen LogP contribution in [-0.2, 0) is 88.9 Å². The fourth-order valence-electron chi connectivity index (χ4n) is 13.1. The van der Waals surface area contributed by atoms with Crippen molar-refractivity contribution >= 4 is 104 Å². The third-order valence-corrected chi connectivity index (χ3v) is 20.2. The van der Waals surface area contributed by atoms with Gasteiger partial charge in [-0.3, -0.25) is 43.7 Å². The van der Waals surface area contributed by atoms with E-state index in [4.69, 9.17) is 28.8 Å². The molecule has 32 nitrogen and oxygen atoms in total. The maximum absolute atomic E-state index is 15.3. The zero-order chi connectivity index (χ0) is 88.4. The molecule has 9 aromatic rings. The zero-order valence-corrected chi connectivity index (χ0v) is 68.5. The van der Waals surface area contributed by atoms with Gasteiger partial charge in [-0.1, -0.05) is 125 Å². The van der Waals surface area contributed by atoms with Crippen molar-refractivity contribution in [1.29, 1.82) is 0 Å². The van der Waals surface area contributed by atoms with Crippen LogP contribution >= 0.6 is 0 Å². The van der Waals surface area contributed by atoms with Gasteiger partial charge in [0.15, 0.2) is 5.78 Å². The van der Waals surface area contributed by atoms with Crippen molar-refractivity contribution in [3.63, 3.8) is 0 Å². The molecule has 5 amide bonds. The smallest absolute Gasteiger partial charge is 0.477 e. The Hall–Kier alpha value is -13.9. The lowest BCUT2D eigenvalue weighted by atomic mass is 9.91. The van der Waals surface area contributed by atoms with Crippen LogP contribution in [0, 0.1) is 39.5 Å². The highest BCUT2D eigenvalue weighted by Gasteiger charge is 2.32. The minimum absolute atomic E-state index is 0.00368. The first kappa shape index (κ1) is 92.0. The number of carbonyl (C=O) groups excluding carboxylic acids is 8. The largest absolute Gasteiger partial charge is 0.514 e. The van der Waals surface area contributed by atoms with E-state index in [0.717, 1.165) is 36.3 Å². The predicted octanol–water partition coefficient (Wildman–Crippen LogP) is 11.3. The highest BCUT2D eigenvalue weighted by atomic mass is 19.1. The topological polar surface area (TPSA) is 414 Å². The average molecular weight is 1680 g/mol. The molecule has 0 spiro atoms. The van der Waals surface area contributed by atoms with E-state index in [-0.39, 0.29) is 103 Å². The van der Waals surface area contributed by atoms with Gasteiger partial charge >= 0.3 is 36.2 Å². The molecule has 0 aliphatic carbocycles. The molecule has 11 rings (SSSR count). The number of carboxylic acids is 2. The number of ether oxygens (including phenoxy) is 5. The number of piperazine rings is 2. The number of non-ortho nitro benzene ring substituents is 1. The number of hydrogen-bond acceptors (Lipinski definition) is 22. The molecule has 0 unspecified atom stereocenters. The van der Waals surface area contributed by atoms with Crippen molar-refractivity contribution in [3.05, 3.63) is 251 Å². The number of aromatic nitrogens is 2. The Morgan fingerprint density at radius 1 is 0.525 bits per heavy atom. The number of ketones is 1. The van der Waals surface area contributed by atoms with E-state index in [9.17, 15) is 77.1 Å². The first-order chi connectivity index (χ1) is 58.3. The number of nitro groups is 1. The van der Waals surface area contributed by atoms with Crippen LogP contribution in [0.15, 0.2) is 180 Å². The number of amides is 5.